The molecule has 66 valence electrons. The molecule has 0 aliphatic carbocycles. The summed E-state index contributed by atoms with van der Waals surface area (Å²) in [6.07, 6.45) is 1.48. The molecule has 0 saturated heterocycles. The predicted octanol–water partition coefficient (Wildman–Crippen LogP) is 0.923. The molecule has 0 aromatic carbocycles. The number of hydrogen-bond acceptors (Lipinski definition) is 3. The first kappa shape index (κ1) is 9.12. The zero-order valence-corrected chi connectivity index (χ0v) is 7.09. The first-order valence-corrected chi connectivity index (χ1v) is 5.12. The molecule has 12 heavy (non-hydrogen) atoms. The van der Waals surface area contributed by atoms with Crippen molar-refractivity contribution < 1.29 is 12.8 Å². The summed E-state index contributed by atoms with van der Waals surface area (Å²) in [6, 6.07) is 3.55. The van der Waals surface area contributed by atoms with E-state index in [9.17, 15) is 12.8 Å². The standard InChI is InChI=1S/C7H8FNO2S/c8-6-12(10,11)5-7-3-1-2-4-9-7/h1-4H,5-6H2. The molecule has 0 aliphatic heterocycles. The molecule has 1 aromatic rings. The van der Waals surface area contributed by atoms with Crippen LogP contribution < -0.4 is 0 Å². The van der Waals surface area contributed by atoms with Gasteiger partial charge in [-0.3, -0.25) is 4.98 Å². The average molecular weight is 189 g/mol. The smallest absolute Gasteiger partial charge is 0.191 e. The Morgan fingerprint density at radius 2 is 2.17 bits per heavy atom. The van der Waals surface area contributed by atoms with E-state index >= 15 is 0 Å². The van der Waals surface area contributed by atoms with Crippen LogP contribution in [0.1, 0.15) is 5.69 Å². The van der Waals surface area contributed by atoms with Crippen LogP contribution in [-0.4, -0.2) is 19.4 Å². The van der Waals surface area contributed by atoms with Gasteiger partial charge in [-0.1, -0.05) is 6.07 Å². The summed E-state index contributed by atoms with van der Waals surface area (Å²) in [5.41, 5.74) is 0.371. The predicted molar refractivity (Wildman–Crippen MR) is 42.8 cm³/mol. The van der Waals surface area contributed by atoms with Crippen LogP contribution in [0.25, 0.3) is 0 Å². The van der Waals surface area contributed by atoms with Crippen molar-refractivity contribution >= 4 is 9.84 Å². The minimum Gasteiger partial charge on any atom is -0.260 e. The number of aromatic nitrogens is 1. The third kappa shape index (κ3) is 2.58. The first-order valence-electron chi connectivity index (χ1n) is 3.30. The second kappa shape index (κ2) is 3.62. The first-order chi connectivity index (χ1) is 5.64. The highest BCUT2D eigenvalue weighted by Crippen LogP contribution is 2.02. The van der Waals surface area contributed by atoms with Gasteiger partial charge < -0.3 is 0 Å². The maximum atomic E-state index is 11.8. The zero-order valence-electron chi connectivity index (χ0n) is 6.27. The number of hydrogen-bond donors (Lipinski definition) is 0. The van der Waals surface area contributed by atoms with E-state index in [-0.39, 0.29) is 5.75 Å². The fraction of sp³-hybridized carbons (Fsp3) is 0.286. The van der Waals surface area contributed by atoms with Gasteiger partial charge in [0.2, 0.25) is 0 Å². The average Bonchev–Trinajstić information content (AvgIpc) is 2.06. The van der Waals surface area contributed by atoms with Gasteiger partial charge in [0.1, 0.15) is 0 Å². The third-order valence-electron chi connectivity index (χ3n) is 1.26. The molecule has 0 saturated carbocycles. The summed E-state index contributed by atoms with van der Waals surface area (Å²) in [5.74, 6) is -0.329. The van der Waals surface area contributed by atoms with Crippen molar-refractivity contribution in [1.82, 2.24) is 4.98 Å². The molecule has 0 fully saturated rings. The molecule has 5 heteroatoms. The number of halogens is 1. The number of rotatable bonds is 3. The Morgan fingerprint density at radius 3 is 2.67 bits per heavy atom. The van der Waals surface area contributed by atoms with Crippen LogP contribution in [0.2, 0.25) is 0 Å². The highest BCUT2D eigenvalue weighted by atomic mass is 32.2. The van der Waals surface area contributed by atoms with E-state index < -0.39 is 15.8 Å². The maximum Gasteiger partial charge on any atom is 0.191 e. The van der Waals surface area contributed by atoms with Crippen molar-refractivity contribution in [3.8, 4) is 0 Å². The second-order valence-corrected chi connectivity index (χ2v) is 4.31. The van der Waals surface area contributed by atoms with E-state index in [0.717, 1.165) is 0 Å². The molecule has 1 heterocycles. The summed E-state index contributed by atoms with van der Waals surface area (Å²) in [5, 5.41) is 0. The Morgan fingerprint density at radius 1 is 1.42 bits per heavy atom. The molecule has 0 N–H and O–H groups in total. The molecule has 0 amide bonds. The van der Waals surface area contributed by atoms with Crippen LogP contribution in [0, 0.1) is 0 Å². The van der Waals surface area contributed by atoms with Crippen LogP contribution in [0.4, 0.5) is 4.39 Å². The lowest BCUT2D eigenvalue weighted by molar-refractivity contribution is 0.533. The van der Waals surface area contributed by atoms with Crippen LogP contribution >= 0.6 is 0 Å². The molecular formula is C7H8FNO2S. The fourth-order valence-corrected chi connectivity index (χ4v) is 1.45. The molecule has 1 aromatic heterocycles. The maximum absolute atomic E-state index is 11.8. The molecule has 0 aliphatic rings. The van der Waals surface area contributed by atoms with Crippen molar-refractivity contribution in [3.05, 3.63) is 30.1 Å². The molecule has 3 nitrogen and oxygen atoms in total. The van der Waals surface area contributed by atoms with Crippen molar-refractivity contribution in [2.75, 3.05) is 6.01 Å². The van der Waals surface area contributed by atoms with Gasteiger partial charge >= 0.3 is 0 Å². The Labute approximate surface area is 70.2 Å². The molecule has 0 unspecified atom stereocenters. The number of pyridine rings is 1. The third-order valence-corrected chi connectivity index (χ3v) is 2.33. The number of sulfone groups is 1. The Bertz CT molecular complexity index is 336. The summed E-state index contributed by atoms with van der Waals surface area (Å²) in [4.78, 5) is 3.77. The molecule has 1 rings (SSSR count). The van der Waals surface area contributed by atoms with Gasteiger partial charge in [0.25, 0.3) is 0 Å². The lowest BCUT2D eigenvalue weighted by atomic mass is 10.4. The van der Waals surface area contributed by atoms with Crippen molar-refractivity contribution in [3.63, 3.8) is 0 Å². The van der Waals surface area contributed by atoms with Gasteiger partial charge in [0.05, 0.1) is 11.4 Å². The Balaban J connectivity index is 2.78. The summed E-state index contributed by atoms with van der Waals surface area (Å²) in [7, 11) is -3.60. The van der Waals surface area contributed by atoms with E-state index in [0.29, 0.717) is 5.69 Å². The van der Waals surface area contributed by atoms with E-state index in [2.05, 4.69) is 4.98 Å². The summed E-state index contributed by atoms with van der Waals surface area (Å²) in [6.45, 7) is 0. The summed E-state index contributed by atoms with van der Waals surface area (Å²) >= 11 is 0. The minimum absolute atomic E-state index is 0.329. The quantitative estimate of drug-likeness (QED) is 0.710. The lowest BCUT2D eigenvalue weighted by Gasteiger charge is -1.97. The molecule has 0 bridgehead atoms. The van der Waals surface area contributed by atoms with Crippen molar-refractivity contribution in [2.45, 2.75) is 5.75 Å². The van der Waals surface area contributed by atoms with Gasteiger partial charge in [0.15, 0.2) is 15.8 Å². The second-order valence-electron chi connectivity index (χ2n) is 2.32. The van der Waals surface area contributed by atoms with Gasteiger partial charge in [-0.2, -0.15) is 0 Å². The van der Waals surface area contributed by atoms with Crippen LogP contribution in [0.15, 0.2) is 24.4 Å². The molecule has 0 spiro atoms. The molecule has 0 atom stereocenters. The van der Waals surface area contributed by atoms with Crippen LogP contribution in [0.5, 0.6) is 0 Å². The minimum atomic E-state index is -3.60. The van der Waals surface area contributed by atoms with E-state index in [4.69, 9.17) is 0 Å². The van der Waals surface area contributed by atoms with E-state index in [1.165, 1.54) is 6.20 Å². The fourth-order valence-electron chi connectivity index (χ4n) is 0.747. The Hall–Kier alpha value is -0.970. The number of nitrogens with zero attached hydrogens (tertiary/aromatic N) is 1. The Kier molecular flexibility index (Phi) is 2.75. The van der Waals surface area contributed by atoms with Crippen LogP contribution in [0.3, 0.4) is 0 Å². The van der Waals surface area contributed by atoms with E-state index in [1.54, 1.807) is 18.2 Å². The summed E-state index contributed by atoms with van der Waals surface area (Å²) < 4.78 is 33.3. The monoisotopic (exact) mass is 189 g/mol. The van der Waals surface area contributed by atoms with Gasteiger partial charge in [-0.15, -0.1) is 0 Å². The van der Waals surface area contributed by atoms with Crippen molar-refractivity contribution in [2.24, 2.45) is 0 Å². The molecular weight excluding hydrogens is 181 g/mol. The zero-order chi connectivity index (χ0) is 9.03. The number of alkyl halides is 1. The molecule has 0 radical (unpaired) electrons. The largest absolute Gasteiger partial charge is 0.260 e. The van der Waals surface area contributed by atoms with Gasteiger partial charge in [-0.25, -0.2) is 12.8 Å². The van der Waals surface area contributed by atoms with Crippen LogP contribution in [-0.2, 0) is 15.6 Å². The highest BCUT2D eigenvalue weighted by molar-refractivity contribution is 7.90. The normalized spacial score (nSPS) is 11.4. The van der Waals surface area contributed by atoms with Gasteiger partial charge in [0, 0.05) is 6.20 Å². The van der Waals surface area contributed by atoms with E-state index in [1.807, 2.05) is 0 Å². The lowest BCUT2D eigenvalue weighted by Crippen LogP contribution is -2.06. The SMILES string of the molecule is O=S(=O)(CF)Cc1ccccn1. The highest BCUT2D eigenvalue weighted by Gasteiger charge is 2.10. The van der Waals surface area contributed by atoms with Crippen molar-refractivity contribution in [1.29, 1.82) is 0 Å². The topological polar surface area (TPSA) is 47.0 Å². The van der Waals surface area contributed by atoms with Gasteiger partial charge in [-0.05, 0) is 12.1 Å².